The van der Waals surface area contributed by atoms with Gasteiger partial charge in [-0.15, -0.1) is 0 Å². The molecule has 118 valence electrons. The Kier molecular flexibility index (Phi) is 3.00. The van der Waals surface area contributed by atoms with Crippen molar-refractivity contribution in [3.05, 3.63) is 0 Å². The van der Waals surface area contributed by atoms with Crippen molar-refractivity contribution in [1.29, 1.82) is 0 Å². The van der Waals surface area contributed by atoms with Gasteiger partial charge in [0.1, 0.15) is 12.2 Å². The number of carbonyl (C=O) groups excluding carboxylic acids is 1. The number of hydrogen-bond donors (Lipinski definition) is 0. The van der Waals surface area contributed by atoms with Crippen LogP contribution in [-0.4, -0.2) is 38.7 Å². The maximum absolute atomic E-state index is 12.0. The average molecular weight is 328 g/mol. The van der Waals surface area contributed by atoms with E-state index >= 15 is 0 Å². The van der Waals surface area contributed by atoms with Crippen LogP contribution in [0.25, 0.3) is 0 Å². The number of carbonyl (C=O) groups is 1. The van der Waals surface area contributed by atoms with Gasteiger partial charge in [-0.1, -0.05) is 0 Å². The first-order chi connectivity index (χ1) is 9.58. The van der Waals surface area contributed by atoms with Crippen LogP contribution in [-0.2, 0) is 24.0 Å². The van der Waals surface area contributed by atoms with E-state index in [-0.39, 0.29) is 17.8 Å². The van der Waals surface area contributed by atoms with Crippen LogP contribution in [0.2, 0.25) is 0 Å². The highest BCUT2D eigenvalue weighted by Gasteiger charge is 2.63. The van der Waals surface area contributed by atoms with Crippen molar-refractivity contribution in [3.63, 3.8) is 0 Å². The fourth-order valence-electron chi connectivity index (χ4n) is 3.35. The van der Waals surface area contributed by atoms with E-state index < -0.39 is 40.6 Å². The summed E-state index contributed by atoms with van der Waals surface area (Å²) in [5.74, 6) is -3.98. The third-order valence-electron chi connectivity index (χ3n) is 4.08. The minimum atomic E-state index is -5.39. The number of halogens is 3. The molecule has 2 aliphatic carbocycles. The predicted octanol–water partition coefficient (Wildman–Crippen LogP) is -0.481. The second kappa shape index (κ2) is 4.32. The summed E-state index contributed by atoms with van der Waals surface area (Å²) < 4.78 is 70.5. The van der Waals surface area contributed by atoms with Crippen molar-refractivity contribution in [2.75, 3.05) is 0 Å². The number of esters is 1. The molecular formula is C10H9F3NO6S-. The van der Waals surface area contributed by atoms with E-state index in [0.29, 0.717) is 12.8 Å². The van der Waals surface area contributed by atoms with Crippen molar-refractivity contribution in [2.45, 2.75) is 31.2 Å². The quantitative estimate of drug-likeness (QED) is 0.394. The Morgan fingerprint density at radius 3 is 2.67 bits per heavy atom. The second-order valence-corrected chi connectivity index (χ2v) is 6.52. The Hall–Kier alpha value is -1.36. The third kappa shape index (κ3) is 2.37. The van der Waals surface area contributed by atoms with Gasteiger partial charge in [-0.25, -0.2) is 4.18 Å². The van der Waals surface area contributed by atoms with Crippen molar-refractivity contribution < 1.29 is 40.4 Å². The van der Waals surface area contributed by atoms with Gasteiger partial charge >= 0.3 is 22.4 Å². The average Bonchev–Trinajstić information content (AvgIpc) is 2.91. The topological polar surface area (TPSA) is 105 Å². The molecule has 0 aromatic rings. The highest BCUT2D eigenvalue weighted by atomic mass is 32.2. The summed E-state index contributed by atoms with van der Waals surface area (Å²) in [6.45, 7) is 0. The molecule has 0 spiro atoms. The van der Waals surface area contributed by atoms with Gasteiger partial charge in [-0.05, 0) is 18.8 Å². The first kappa shape index (κ1) is 14.6. The van der Waals surface area contributed by atoms with Crippen LogP contribution in [0.15, 0.2) is 4.40 Å². The van der Waals surface area contributed by atoms with Crippen LogP contribution < -0.4 is 5.11 Å². The van der Waals surface area contributed by atoms with E-state index in [1.54, 1.807) is 0 Å². The number of ether oxygens (including phenoxy) is 1. The SMILES string of the molecule is O=C1OC2C3CC(CC13)C2OS(=O)(=O)N=C([O-])C(F)(F)F. The minimum absolute atomic E-state index is 0.180. The Morgan fingerprint density at radius 1 is 1.38 bits per heavy atom. The van der Waals surface area contributed by atoms with E-state index in [1.807, 2.05) is 0 Å². The molecule has 3 fully saturated rings. The lowest BCUT2D eigenvalue weighted by molar-refractivity contribution is -0.262. The van der Waals surface area contributed by atoms with Crippen LogP contribution >= 0.6 is 0 Å². The van der Waals surface area contributed by atoms with Gasteiger partial charge in [-0.2, -0.15) is 26.0 Å². The van der Waals surface area contributed by atoms with Crippen molar-refractivity contribution >= 4 is 22.2 Å². The molecule has 0 radical (unpaired) electrons. The normalized spacial score (nSPS) is 38.9. The van der Waals surface area contributed by atoms with Gasteiger partial charge in [0, 0.05) is 5.92 Å². The van der Waals surface area contributed by atoms with Crippen LogP contribution in [0.4, 0.5) is 13.2 Å². The molecule has 7 nitrogen and oxygen atoms in total. The zero-order chi connectivity index (χ0) is 15.6. The Labute approximate surface area is 117 Å². The summed E-state index contributed by atoms with van der Waals surface area (Å²) in [7, 11) is -5.05. The van der Waals surface area contributed by atoms with Gasteiger partial charge < -0.3 is 9.84 Å². The second-order valence-electron chi connectivity index (χ2n) is 5.29. The van der Waals surface area contributed by atoms with E-state index in [1.165, 1.54) is 0 Å². The van der Waals surface area contributed by atoms with Crippen LogP contribution in [0, 0.1) is 17.8 Å². The first-order valence-electron chi connectivity index (χ1n) is 6.06. The summed E-state index contributed by atoms with van der Waals surface area (Å²) in [6.07, 6.45) is -6.39. The molecule has 3 rings (SSSR count). The molecule has 5 atom stereocenters. The molecule has 1 aliphatic heterocycles. The molecule has 21 heavy (non-hydrogen) atoms. The molecule has 0 amide bonds. The van der Waals surface area contributed by atoms with Gasteiger partial charge in [0.2, 0.25) is 0 Å². The van der Waals surface area contributed by atoms with E-state index in [2.05, 4.69) is 8.58 Å². The molecule has 0 aromatic carbocycles. The Morgan fingerprint density at radius 2 is 2.05 bits per heavy atom. The number of alkyl halides is 3. The Balaban J connectivity index is 1.77. The lowest BCUT2D eigenvalue weighted by Gasteiger charge is -2.24. The van der Waals surface area contributed by atoms with E-state index in [9.17, 15) is 31.5 Å². The van der Waals surface area contributed by atoms with E-state index in [0.717, 1.165) is 0 Å². The maximum Gasteiger partial charge on any atom is 0.420 e. The largest absolute Gasteiger partial charge is 0.855 e. The summed E-state index contributed by atoms with van der Waals surface area (Å²) in [6, 6.07) is 0. The standard InChI is InChI=1S/C10H10F3NO6S/c11-10(12,13)9(16)14-21(17,18)20-6-3-1-4-5(2-3)8(15)19-7(4)6/h3-7H,1-2H2,(H,14,16)/p-1. The zero-order valence-corrected chi connectivity index (χ0v) is 11.1. The fourth-order valence-corrected chi connectivity index (χ4v) is 4.25. The number of rotatable bonds is 3. The molecule has 2 saturated carbocycles. The molecular weight excluding hydrogens is 319 g/mol. The maximum atomic E-state index is 12.0. The summed E-state index contributed by atoms with van der Waals surface area (Å²) in [5, 5.41) is 10.6. The van der Waals surface area contributed by atoms with Gasteiger partial charge in [0.05, 0.1) is 11.8 Å². The number of nitrogens with zero attached hydrogens (tertiary/aromatic N) is 1. The van der Waals surface area contributed by atoms with Crippen LogP contribution in [0.3, 0.4) is 0 Å². The van der Waals surface area contributed by atoms with Crippen LogP contribution in [0.1, 0.15) is 12.8 Å². The molecule has 11 heteroatoms. The predicted molar refractivity (Wildman–Crippen MR) is 56.9 cm³/mol. The lowest BCUT2D eigenvalue weighted by Crippen LogP contribution is -2.38. The highest BCUT2D eigenvalue weighted by molar-refractivity contribution is 7.85. The van der Waals surface area contributed by atoms with Crippen molar-refractivity contribution in [3.8, 4) is 0 Å². The van der Waals surface area contributed by atoms with E-state index in [4.69, 9.17) is 4.74 Å². The molecule has 1 saturated heterocycles. The minimum Gasteiger partial charge on any atom is -0.855 e. The smallest absolute Gasteiger partial charge is 0.420 e. The Bertz CT molecular complexity index is 615. The third-order valence-corrected chi connectivity index (χ3v) is 4.94. The molecule has 0 N–H and O–H groups in total. The number of fused-ring (bicyclic) bond motifs is 1. The van der Waals surface area contributed by atoms with Crippen molar-refractivity contribution in [1.82, 2.24) is 0 Å². The van der Waals surface area contributed by atoms with Crippen LogP contribution in [0.5, 0.6) is 0 Å². The zero-order valence-electron chi connectivity index (χ0n) is 10.2. The molecule has 2 bridgehead atoms. The molecule has 1 heterocycles. The van der Waals surface area contributed by atoms with Crippen molar-refractivity contribution in [2.24, 2.45) is 22.2 Å². The molecule has 3 aliphatic rings. The van der Waals surface area contributed by atoms with Gasteiger partial charge in [0.15, 0.2) is 0 Å². The summed E-state index contributed by atoms with van der Waals surface area (Å²) in [5.41, 5.74) is 0. The summed E-state index contributed by atoms with van der Waals surface area (Å²) >= 11 is 0. The highest BCUT2D eigenvalue weighted by Crippen LogP contribution is 2.55. The first-order valence-corrected chi connectivity index (χ1v) is 7.43. The lowest BCUT2D eigenvalue weighted by atomic mass is 9.88. The fraction of sp³-hybridized carbons (Fsp3) is 0.800. The number of hydrogen-bond acceptors (Lipinski definition) is 6. The summed E-state index contributed by atoms with van der Waals surface area (Å²) in [4.78, 5) is 11.5. The molecule has 0 aromatic heterocycles. The van der Waals surface area contributed by atoms with Gasteiger partial charge in [0.25, 0.3) is 0 Å². The monoisotopic (exact) mass is 328 g/mol. The molecule has 5 unspecified atom stereocenters. The van der Waals surface area contributed by atoms with Gasteiger partial charge in [-0.3, -0.25) is 4.79 Å².